The molecule has 6 amide bonds. The van der Waals surface area contributed by atoms with E-state index in [0.717, 1.165) is 159 Å². The van der Waals surface area contributed by atoms with Gasteiger partial charge in [0.05, 0.1) is 55.4 Å². The zero-order valence-electron chi connectivity index (χ0n) is 59.9. The number of anilines is 3. The molecule has 94 heavy (non-hydrogen) atoms. The summed E-state index contributed by atoms with van der Waals surface area (Å²) in [5, 5.41) is 19.3. The largest absolute Gasteiger partial charge is 0.492 e. The Hall–Kier alpha value is -6.84. The molecule has 6 N–H and O–H groups in total. The molecule has 0 aromatic heterocycles. The molecule has 524 valence electrons. The van der Waals surface area contributed by atoms with Gasteiger partial charge in [-0.2, -0.15) is 0 Å². The molecule has 4 aromatic carbocycles. The molecule has 0 radical (unpaired) electrons. The Bertz CT molecular complexity index is 2910. The van der Waals surface area contributed by atoms with Gasteiger partial charge in [0.1, 0.15) is 29.4 Å². The van der Waals surface area contributed by atoms with Crippen LogP contribution in [0.1, 0.15) is 275 Å². The first kappa shape index (κ1) is 79.6. The van der Waals surface area contributed by atoms with Crippen molar-refractivity contribution < 1.29 is 47.7 Å². The minimum atomic E-state index is -0.598. The van der Waals surface area contributed by atoms with Crippen LogP contribution in [0.4, 0.5) is 17.1 Å². The molecule has 16 heteroatoms. The van der Waals surface area contributed by atoms with Crippen LogP contribution in [0.2, 0.25) is 0 Å². The third kappa shape index (κ3) is 28.2. The van der Waals surface area contributed by atoms with Gasteiger partial charge in [-0.25, -0.2) is 0 Å². The molecule has 0 fully saturated rings. The number of carbonyl (C=O) groups is 6. The standard InChI is InChI=1S/C78H122N6O10/c1-13-25-31-55(19-7)48-79-76(88)65-43-66(70(92-52-58(22-10)34-28-16-4)45-69(65)91-51-57(21-9)33-27-15-3)77(89)81-50-75(87)83-64-40-38-61-37-39-63(41-62(61)42-64)82-73(85)47-74(86)84-68-44-67(78(90)80-49-56(20-8)32-26-14-2)71(93-53-59(23-11)35-29-17-5)46-72(68)94-54-60(24-12)36-30-18-6/h37-46,55-60H,13-36,47-54H2,1-12H3,(H,79,88)(H,80,90)(H,81,89)(H,82,85)(H,83,87)(H,84,86). The normalized spacial score (nSPS) is 13.2. The summed E-state index contributed by atoms with van der Waals surface area (Å²) in [6.07, 6.45) is 23.8. The van der Waals surface area contributed by atoms with Crippen molar-refractivity contribution in [3.05, 3.63) is 77.4 Å². The molecule has 0 saturated heterocycles. The molecule has 4 rings (SSSR count). The predicted molar refractivity (Wildman–Crippen MR) is 386 cm³/mol. The van der Waals surface area contributed by atoms with Crippen LogP contribution >= 0.6 is 0 Å². The van der Waals surface area contributed by atoms with Crippen LogP contribution in [0.3, 0.4) is 0 Å². The number of fused-ring (bicyclic) bond motifs is 1. The summed E-state index contributed by atoms with van der Waals surface area (Å²) in [6.45, 7) is 28.1. The highest BCUT2D eigenvalue weighted by Gasteiger charge is 2.27. The number of unbranched alkanes of at least 4 members (excludes halogenated alkanes) is 6. The van der Waals surface area contributed by atoms with Crippen LogP contribution in [0, 0.1) is 35.5 Å². The summed E-state index contributed by atoms with van der Waals surface area (Å²) >= 11 is 0. The molecule has 0 aliphatic carbocycles. The molecule has 16 nitrogen and oxygen atoms in total. The minimum Gasteiger partial charge on any atom is -0.492 e. The van der Waals surface area contributed by atoms with Gasteiger partial charge in [-0.05, 0) is 121 Å². The Morgan fingerprint density at radius 1 is 0.340 bits per heavy atom. The summed E-state index contributed by atoms with van der Waals surface area (Å²) in [5.41, 5.74) is 1.81. The summed E-state index contributed by atoms with van der Waals surface area (Å²) in [4.78, 5) is 84.3. The van der Waals surface area contributed by atoms with E-state index in [9.17, 15) is 28.8 Å². The van der Waals surface area contributed by atoms with E-state index in [0.29, 0.717) is 91.3 Å². The number of nitrogens with one attached hydrogen (secondary N) is 6. The summed E-state index contributed by atoms with van der Waals surface area (Å²) in [6, 6.07) is 17.3. The highest BCUT2D eigenvalue weighted by molar-refractivity contribution is 6.10. The Morgan fingerprint density at radius 3 is 1.05 bits per heavy atom. The molecule has 0 bridgehead atoms. The highest BCUT2D eigenvalue weighted by Crippen LogP contribution is 2.37. The summed E-state index contributed by atoms with van der Waals surface area (Å²) in [5.74, 6) is 0.265. The first-order valence-corrected chi connectivity index (χ1v) is 36.7. The third-order valence-corrected chi connectivity index (χ3v) is 18.6. The zero-order valence-corrected chi connectivity index (χ0v) is 59.9. The Balaban J connectivity index is 1.58. The SMILES string of the molecule is CCCCC(CC)CNC(=O)c1cc(NC(=O)CC(=O)Nc2ccc3ccc(NC(=O)CNC(=O)c4cc(C(=O)NCC(CC)CCCC)c(OCC(CC)CCCC)cc4OCC(CC)CCCC)cc3c2)c(OCC(CC)CCCC)cc1OCC(CC)CCCC. The molecule has 0 saturated carbocycles. The van der Waals surface area contributed by atoms with E-state index in [-0.39, 0.29) is 64.2 Å². The quantitative estimate of drug-likeness (QED) is 0.0230. The van der Waals surface area contributed by atoms with Gasteiger partial charge < -0.3 is 50.8 Å². The van der Waals surface area contributed by atoms with Gasteiger partial charge in [0.25, 0.3) is 17.7 Å². The lowest BCUT2D eigenvalue weighted by Crippen LogP contribution is -2.34. The summed E-state index contributed by atoms with van der Waals surface area (Å²) < 4.78 is 26.1. The van der Waals surface area contributed by atoms with E-state index in [1.807, 2.05) is 12.1 Å². The van der Waals surface area contributed by atoms with Crippen molar-refractivity contribution >= 4 is 63.3 Å². The number of ether oxygens (including phenoxy) is 4. The Kier molecular flexibility index (Phi) is 38.5. The van der Waals surface area contributed by atoms with Crippen LogP contribution in [-0.2, 0) is 14.4 Å². The molecular formula is C78H122N6O10. The van der Waals surface area contributed by atoms with Gasteiger partial charge in [0.15, 0.2) is 0 Å². The van der Waals surface area contributed by atoms with Crippen LogP contribution in [0.5, 0.6) is 23.0 Å². The number of carbonyl (C=O) groups excluding carboxylic acids is 6. The molecule has 0 aliphatic rings. The first-order valence-electron chi connectivity index (χ1n) is 36.7. The van der Waals surface area contributed by atoms with Crippen LogP contribution in [0.15, 0.2) is 60.7 Å². The lowest BCUT2D eigenvalue weighted by molar-refractivity contribution is -0.123. The van der Waals surface area contributed by atoms with Crippen LogP contribution < -0.4 is 50.8 Å². The second-order valence-corrected chi connectivity index (χ2v) is 26.1. The number of benzene rings is 4. The van der Waals surface area contributed by atoms with Crippen molar-refractivity contribution in [3.63, 3.8) is 0 Å². The van der Waals surface area contributed by atoms with Crippen LogP contribution in [0.25, 0.3) is 10.8 Å². The zero-order chi connectivity index (χ0) is 68.6. The second kappa shape index (κ2) is 45.5. The van der Waals surface area contributed by atoms with Gasteiger partial charge in [0.2, 0.25) is 17.7 Å². The molecule has 6 atom stereocenters. The van der Waals surface area contributed by atoms with E-state index in [1.54, 1.807) is 48.5 Å². The van der Waals surface area contributed by atoms with Gasteiger partial charge in [0, 0.05) is 36.6 Å². The molecule has 4 aromatic rings. The second-order valence-electron chi connectivity index (χ2n) is 26.1. The third-order valence-electron chi connectivity index (χ3n) is 18.6. The van der Waals surface area contributed by atoms with Gasteiger partial charge in [-0.1, -0.05) is 211 Å². The fourth-order valence-electron chi connectivity index (χ4n) is 11.6. The molecular weight excluding hydrogens is 1180 g/mol. The Labute approximate surface area is 565 Å². The fourth-order valence-corrected chi connectivity index (χ4v) is 11.6. The van der Waals surface area contributed by atoms with Crippen molar-refractivity contribution in [2.75, 3.05) is 62.0 Å². The molecule has 0 heterocycles. The maximum atomic E-state index is 14.4. The van der Waals surface area contributed by atoms with Crippen molar-refractivity contribution in [1.29, 1.82) is 0 Å². The monoisotopic (exact) mass is 1300 g/mol. The average Bonchev–Trinajstić information content (AvgIpc) is 0.830. The van der Waals surface area contributed by atoms with Gasteiger partial charge >= 0.3 is 0 Å². The summed E-state index contributed by atoms with van der Waals surface area (Å²) in [7, 11) is 0. The molecule has 0 aliphatic heterocycles. The number of hydrogen-bond acceptors (Lipinski definition) is 10. The first-order chi connectivity index (χ1) is 45.5. The van der Waals surface area contributed by atoms with E-state index in [1.165, 1.54) is 0 Å². The minimum absolute atomic E-state index is 0.131. The lowest BCUT2D eigenvalue weighted by atomic mass is 9.99. The predicted octanol–water partition coefficient (Wildman–Crippen LogP) is 18.4. The fraction of sp³-hybridized carbons (Fsp3) is 0.641. The van der Waals surface area contributed by atoms with Crippen molar-refractivity contribution in [1.82, 2.24) is 16.0 Å². The highest BCUT2D eigenvalue weighted by atomic mass is 16.5. The van der Waals surface area contributed by atoms with E-state index in [2.05, 4.69) is 115 Å². The van der Waals surface area contributed by atoms with E-state index in [4.69, 9.17) is 18.9 Å². The van der Waals surface area contributed by atoms with Gasteiger partial charge in [-0.15, -0.1) is 0 Å². The Morgan fingerprint density at radius 2 is 0.670 bits per heavy atom. The lowest BCUT2D eigenvalue weighted by Gasteiger charge is -2.22. The van der Waals surface area contributed by atoms with Crippen molar-refractivity contribution in [2.45, 2.75) is 244 Å². The molecule has 6 unspecified atom stereocenters. The molecule has 0 spiro atoms. The average molecular weight is 1300 g/mol. The number of hydrogen-bond donors (Lipinski definition) is 6. The van der Waals surface area contributed by atoms with Crippen molar-refractivity contribution in [3.8, 4) is 23.0 Å². The topological polar surface area (TPSA) is 212 Å². The van der Waals surface area contributed by atoms with E-state index < -0.39 is 30.0 Å². The number of amides is 6. The van der Waals surface area contributed by atoms with Crippen molar-refractivity contribution in [2.24, 2.45) is 35.5 Å². The van der Waals surface area contributed by atoms with E-state index >= 15 is 0 Å². The van der Waals surface area contributed by atoms with Crippen LogP contribution in [-0.4, -0.2) is 81.5 Å². The van der Waals surface area contributed by atoms with Gasteiger partial charge in [-0.3, -0.25) is 28.8 Å². The maximum Gasteiger partial charge on any atom is 0.255 e. The number of rotatable bonds is 50. The maximum absolute atomic E-state index is 14.4. The smallest absolute Gasteiger partial charge is 0.255 e.